The van der Waals surface area contributed by atoms with Gasteiger partial charge in [0.1, 0.15) is 22.4 Å². The van der Waals surface area contributed by atoms with E-state index in [-0.39, 0.29) is 18.0 Å². The number of fused-ring (bicyclic) bond motifs is 1. The van der Waals surface area contributed by atoms with E-state index < -0.39 is 18.5 Å². The van der Waals surface area contributed by atoms with Crippen molar-refractivity contribution >= 4 is 16.9 Å². The van der Waals surface area contributed by atoms with Gasteiger partial charge in [-0.1, -0.05) is 0 Å². The maximum atomic E-state index is 14.9. The molecule has 0 amide bonds. The van der Waals surface area contributed by atoms with Gasteiger partial charge >= 0.3 is 0 Å². The fraction of sp³-hybridized carbons (Fsp3) is 0.273. The quantitative estimate of drug-likeness (QED) is 0.435. The molecule has 0 saturated heterocycles. The third-order valence-electron chi connectivity index (χ3n) is 4.99. The molecule has 1 atom stereocenters. The molecule has 3 heterocycles. The Labute approximate surface area is 188 Å². The lowest BCUT2D eigenvalue weighted by Crippen LogP contribution is -2.29. The normalized spacial score (nSPS) is 12.8. The summed E-state index contributed by atoms with van der Waals surface area (Å²) in [4.78, 5) is 13.6. The van der Waals surface area contributed by atoms with Crippen LogP contribution in [0.25, 0.3) is 22.4 Å². The number of aliphatic hydroxyl groups is 2. The average molecular weight is 454 g/mol. The second-order valence-electron chi connectivity index (χ2n) is 7.28. The maximum Gasteiger partial charge on any atom is 0.190 e. The molecule has 0 radical (unpaired) electrons. The summed E-state index contributed by atoms with van der Waals surface area (Å²) in [6.07, 6.45) is 3.99. The molecule has 4 aromatic rings. The first-order valence-electron chi connectivity index (χ1n) is 10.0. The number of ether oxygens (including phenoxy) is 2. The van der Waals surface area contributed by atoms with Gasteiger partial charge in [0, 0.05) is 30.9 Å². The summed E-state index contributed by atoms with van der Waals surface area (Å²) in [5, 5.41) is 23.8. The lowest BCUT2D eigenvalue weighted by molar-refractivity contribution is 0.0811. The first kappa shape index (κ1) is 22.4. The molecule has 0 saturated carbocycles. The van der Waals surface area contributed by atoms with Crippen molar-refractivity contribution in [2.75, 3.05) is 20.8 Å². The standard InChI is InChI=1S/C22H23FN6O4/c1-28-10-13(8-25-28)18-9-24-16-4-5-20(29(22(16)27-18)11-14(31)12-30)26-17-6-15(32-2)7-19(33-3)21(17)23/h4-10,14,30-31H,11-12H2,1-3H3/b26-20+. The Morgan fingerprint density at radius 2 is 2.00 bits per heavy atom. The number of halogens is 1. The summed E-state index contributed by atoms with van der Waals surface area (Å²) in [6, 6.07) is 6.19. The monoisotopic (exact) mass is 454 g/mol. The Balaban J connectivity index is 1.97. The van der Waals surface area contributed by atoms with E-state index in [0.29, 0.717) is 28.1 Å². The lowest BCUT2D eigenvalue weighted by Gasteiger charge is -2.15. The molecule has 0 fully saturated rings. The van der Waals surface area contributed by atoms with Gasteiger partial charge in [0.25, 0.3) is 0 Å². The SMILES string of the molecule is COc1cc(/N=c2\ccc3ncc(-c4cnn(C)c4)nc3n2CC(O)CO)c(F)c(OC)c1. The van der Waals surface area contributed by atoms with Crippen LogP contribution in [0, 0.1) is 5.82 Å². The topological polar surface area (TPSA) is 120 Å². The second kappa shape index (κ2) is 9.35. The predicted molar refractivity (Wildman–Crippen MR) is 118 cm³/mol. The molecule has 0 aliphatic rings. The van der Waals surface area contributed by atoms with Gasteiger partial charge in [0.05, 0.1) is 51.6 Å². The summed E-state index contributed by atoms with van der Waals surface area (Å²) >= 11 is 0. The maximum absolute atomic E-state index is 14.9. The highest BCUT2D eigenvalue weighted by molar-refractivity contribution is 5.73. The number of aliphatic hydroxyl groups excluding tert-OH is 2. The summed E-state index contributed by atoms with van der Waals surface area (Å²) in [6.45, 7) is -0.513. The molecule has 0 aliphatic heterocycles. The van der Waals surface area contributed by atoms with E-state index in [9.17, 15) is 14.6 Å². The van der Waals surface area contributed by atoms with Crippen molar-refractivity contribution in [1.82, 2.24) is 24.3 Å². The molecule has 11 heteroatoms. The molecule has 10 nitrogen and oxygen atoms in total. The van der Waals surface area contributed by atoms with E-state index in [1.165, 1.54) is 26.4 Å². The van der Waals surface area contributed by atoms with Crippen LogP contribution >= 0.6 is 0 Å². The highest BCUT2D eigenvalue weighted by Gasteiger charge is 2.15. The van der Waals surface area contributed by atoms with Gasteiger partial charge in [0.2, 0.25) is 0 Å². The van der Waals surface area contributed by atoms with Gasteiger partial charge in [-0.15, -0.1) is 0 Å². The van der Waals surface area contributed by atoms with Crippen LogP contribution in [0.2, 0.25) is 0 Å². The van der Waals surface area contributed by atoms with Crippen LogP contribution in [0.3, 0.4) is 0 Å². The molecule has 4 rings (SSSR count). The van der Waals surface area contributed by atoms with Crippen molar-refractivity contribution in [2.45, 2.75) is 12.6 Å². The van der Waals surface area contributed by atoms with Crippen molar-refractivity contribution in [1.29, 1.82) is 0 Å². The molecule has 33 heavy (non-hydrogen) atoms. The number of aromatic nitrogens is 5. The van der Waals surface area contributed by atoms with Crippen LogP contribution < -0.4 is 15.0 Å². The Morgan fingerprint density at radius 1 is 1.18 bits per heavy atom. The van der Waals surface area contributed by atoms with E-state index in [0.717, 1.165) is 5.56 Å². The van der Waals surface area contributed by atoms with Gasteiger partial charge < -0.3 is 24.3 Å². The van der Waals surface area contributed by atoms with E-state index in [4.69, 9.17) is 9.47 Å². The summed E-state index contributed by atoms with van der Waals surface area (Å²) < 4.78 is 28.5. The zero-order chi connectivity index (χ0) is 23.5. The van der Waals surface area contributed by atoms with Crippen LogP contribution in [0.5, 0.6) is 11.5 Å². The number of aryl methyl sites for hydroxylation is 1. The summed E-state index contributed by atoms with van der Waals surface area (Å²) in [7, 11) is 4.61. The number of nitrogens with zero attached hydrogens (tertiary/aromatic N) is 6. The van der Waals surface area contributed by atoms with Crippen molar-refractivity contribution < 1.29 is 24.1 Å². The lowest BCUT2D eigenvalue weighted by atomic mass is 10.2. The summed E-state index contributed by atoms with van der Waals surface area (Å²) in [5.41, 5.74) is 2.54. The molecule has 1 unspecified atom stereocenters. The number of benzene rings is 1. The van der Waals surface area contributed by atoms with E-state index >= 15 is 0 Å². The Kier molecular flexibility index (Phi) is 6.33. The Hall–Kier alpha value is -3.83. The zero-order valence-electron chi connectivity index (χ0n) is 18.3. The number of pyridine rings is 1. The van der Waals surface area contributed by atoms with Gasteiger partial charge in [-0.25, -0.2) is 14.4 Å². The molecule has 2 N–H and O–H groups in total. The van der Waals surface area contributed by atoms with Gasteiger partial charge in [-0.2, -0.15) is 5.10 Å². The number of hydrogen-bond donors (Lipinski definition) is 2. The van der Waals surface area contributed by atoms with Crippen LogP contribution in [0.1, 0.15) is 0 Å². The number of methoxy groups -OCH3 is 2. The van der Waals surface area contributed by atoms with E-state index in [1.807, 2.05) is 0 Å². The molecule has 0 aliphatic carbocycles. The summed E-state index contributed by atoms with van der Waals surface area (Å²) in [5.74, 6) is -0.314. The smallest absolute Gasteiger partial charge is 0.190 e. The fourth-order valence-corrected chi connectivity index (χ4v) is 3.33. The minimum Gasteiger partial charge on any atom is -0.497 e. The molecule has 3 aromatic heterocycles. The molecule has 0 spiro atoms. The second-order valence-corrected chi connectivity index (χ2v) is 7.28. The number of rotatable bonds is 7. The van der Waals surface area contributed by atoms with Crippen LogP contribution in [-0.2, 0) is 13.6 Å². The highest BCUT2D eigenvalue weighted by Crippen LogP contribution is 2.32. The predicted octanol–water partition coefficient (Wildman–Crippen LogP) is 1.57. The minimum absolute atomic E-state index is 0.0190. The van der Waals surface area contributed by atoms with Crippen LogP contribution in [0.15, 0.2) is 47.8 Å². The number of hydrogen-bond acceptors (Lipinski definition) is 8. The Bertz CT molecular complexity index is 1370. The first-order valence-corrected chi connectivity index (χ1v) is 10.0. The van der Waals surface area contributed by atoms with Crippen LogP contribution in [0.4, 0.5) is 10.1 Å². The van der Waals surface area contributed by atoms with E-state index in [2.05, 4.69) is 20.1 Å². The van der Waals surface area contributed by atoms with Gasteiger partial charge in [-0.3, -0.25) is 9.67 Å². The fourth-order valence-electron chi connectivity index (χ4n) is 3.33. The molecule has 0 bridgehead atoms. The Morgan fingerprint density at radius 3 is 2.67 bits per heavy atom. The third-order valence-corrected chi connectivity index (χ3v) is 4.99. The van der Waals surface area contributed by atoms with Crippen molar-refractivity contribution in [3.8, 4) is 22.8 Å². The zero-order valence-corrected chi connectivity index (χ0v) is 18.3. The largest absolute Gasteiger partial charge is 0.497 e. The van der Waals surface area contributed by atoms with Crippen LogP contribution in [-0.4, -0.2) is 61.5 Å². The van der Waals surface area contributed by atoms with E-state index in [1.54, 1.807) is 47.0 Å². The van der Waals surface area contributed by atoms with Crippen molar-refractivity contribution in [2.24, 2.45) is 12.0 Å². The molecule has 1 aromatic carbocycles. The average Bonchev–Trinajstić information content (AvgIpc) is 3.27. The van der Waals surface area contributed by atoms with Crippen molar-refractivity contribution in [3.05, 3.63) is 54.2 Å². The van der Waals surface area contributed by atoms with Crippen molar-refractivity contribution in [3.63, 3.8) is 0 Å². The molecular formula is C22H23FN6O4. The van der Waals surface area contributed by atoms with Gasteiger partial charge in [0.15, 0.2) is 17.2 Å². The first-order chi connectivity index (χ1) is 15.9. The minimum atomic E-state index is -1.09. The highest BCUT2D eigenvalue weighted by atomic mass is 19.1. The third kappa shape index (κ3) is 4.54. The molecule has 172 valence electrons. The molecular weight excluding hydrogens is 431 g/mol. The van der Waals surface area contributed by atoms with Gasteiger partial charge in [-0.05, 0) is 12.1 Å².